The number of ether oxygens (including phenoxy) is 1. The number of nitrogens with zero attached hydrogens (tertiary/aromatic N) is 3. The quantitative estimate of drug-likeness (QED) is 0.804. The number of rotatable bonds is 5. The number of aryl methyl sites for hydroxylation is 1. The standard InChI is InChI=1S/C14H17N5O2/c1-3-21-14(20)11-4-5-16-13(12(11)15)19-8-10-7-17-9(2)6-18-10/h4-7H,3,8,15H2,1-2H3,(H,16,19). The van der Waals surface area contributed by atoms with Gasteiger partial charge in [-0.25, -0.2) is 9.78 Å². The van der Waals surface area contributed by atoms with E-state index < -0.39 is 5.97 Å². The summed E-state index contributed by atoms with van der Waals surface area (Å²) in [4.78, 5) is 24.3. The molecule has 0 unspecified atom stereocenters. The Morgan fingerprint density at radius 2 is 2.14 bits per heavy atom. The molecule has 21 heavy (non-hydrogen) atoms. The van der Waals surface area contributed by atoms with Gasteiger partial charge in [0.25, 0.3) is 0 Å². The maximum atomic E-state index is 11.7. The summed E-state index contributed by atoms with van der Waals surface area (Å²) in [6.45, 7) is 4.32. The van der Waals surface area contributed by atoms with Gasteiger partial charge in [0.1, 0.15) is 5.82 Å². The molecule has 0 saturated heterocycles. The number of anilines is 2. The van der Waals surface area contributed by atoms with Crippen molar-refractivity contribution >= 4 is 17.5 Å². The minimum Gasteiger partial charge on any atom is -0.462 e. The van der Waals surface area contributed by atoms with Gasteiger partial charge in [0.2, 0.25) is 0 Å². The van der Waals surface area contributed by atoms with E-state index in [1.807, 2.05) is 6.92 Å². The van der Waals surface area contributed by atoms with Gasteiger partial charge in [-0.15, -0.1) is 0 Å². The fraction of sp³-hybridized carbons (Fsp3) is 0.286. The Bertz CT molecular complexity index is 628. The Balaban J connectivity index is 2.11. The van der Waals surface area contributed by atoms with Crippen LogP contribution in [0, 0.1) is 6.92 Å². The maximum absolute atomic E-state index is 11.7. The largest absolute Gasteiger partial charge is 0.462 e. The summed E-state index contributed by atoms with van der Waals surface area (Å²) in [5.41, 5.74) is 8.10. The SMILES string of the molecule is CCOC(=O)c1ccnc(NCc2cnc(C)cn2)c1N. The number of nitrogens with two attached hydrogens (primary N) is 1. The second-order valence-electron chi connectivity index (χ2n) is 4.34. The molecule has 2 rings (SSSR count). The van der Waals surface area contributed by atoms with Crippen LogP contribution in [0.2, 0.25) is 0 Å². The van der Waals surface area contributed by atoms with Gasteiger partial charge >= 0.3 is 5.97 Å². The number of aromatic nitrogens is 3. The Hall–Kier alpha value is -2.70. The first-order valence-corrected chi connectivity index (χ1v) is 6.54. The predicted octanol–water partition coefficient (Wildman–Crippen LogP) is 1.55. The molecule has 0 aromatic carbocycles. The molecule has 0 spiro atoms. The molecule has 0 amide bonds. The number of nitrogen functional groups attached to an aromatic ring is 1. The van der Waals surface area contributed by atoms with Gasteiger partial charge in [-0.3, -0.25) is 9.97 Å². The molecule has 110 valence electrons. The Morgan fingerprint density at radius 3 is 2.81 bits per heavy atom. The molecule has 2 heterocycles. The van der Waals surface area contributed by atoms with Crippen LogP contribution in [-0.2, 0) is 11.3 Å². The number of esters is 1. The first-order valence-electron chi connectivity index (χ1n) is 6.54. The van der Waals surface area contributed by atoms with Gasteiger partial charge in [0.15, 0.2) is 0 Å². The molecule has 0 fully saturated rings. The smallest absolute Gasteiger partial charge is 0.340 e. The maximum Gasteiger partial charge on any atom is 0.340 e. The summed E-state index contributed by atoms with van der Waals surface area (Å²) in [5.74, 6) is -0.0431. The molecule has 0 aliphatic rings. The summed E-state index contributed by atoms with van der Waals surface area (Å²) in [6.07, 6.45) is 4.86. The Labute approximate surface area is 122 Å². The van der Waals surface area contributed by atoms with Crippen LogP contribution in [0.15, 0.2) is 24.7 Å². The highest BCUT2D eigenvalue weighted by molar-refractivity contribution is 5.97. The highest BCUT2D eigenvalue weighted by Crippen LogP contribution is 2.21. The van der Waals surface area contributed by atoms with Crippen LogP contribution >= 0.6 is 0 Å². The molecule has 0 saturated carbocycles. The summed E-state index contributed by atoms with van der Waals surface area (Å²) in [5, 5.41) is 3.04. The molecule has 0 bridgehead atoms. The van der Waals surface area contributed by atoms with Crippen LogP contribution in [0.3, 0.4) is 0 Å². The number of carbonyl (C=O) groups excluding carboxylic acids is 1. The van der Waals surface area contributed by atoms with Crippen molar-refractivity contribution in [2.24, 2.45) is 0 Å². The minimum absolute atomic E-state index is 0.260. The van der Waals surface area contributed by atoms with E-state index in [2.05, 4.69) is 20.3 Å². The van der Waals surface area contributed by atoms with Gasteiger partial charge < -0.3 is 15.8 Å². The molecule has 0 atom stereocenters. The molecule has 2 aromatic heterocycles. The number of carbonyl (C=O) groups is 1. The first kappa shape index (κ1) is 14.7. The van der Waals surface area contributed by atoms with Crippen molar-refractivity contribution < 1.29 is 9.53 Å². The van der Waals surface area contributed by atoms with E-state index in [-0.39, 0.29) is 5.69 Å². The Kier molecular flexibility index (Phi) is 4.65. The summed E-state index contributed by atoms with van der Waals surface area (Å²) < 4.78 is 4.94. The lowest BCUT2D eigenvalue weighted by Crippen LogP contribution is -2.12. The molecular weight excluding hydrogens is 270 g/mol. The van der Waals surface area contributed by atoms with Crippen molar-refractivity contribution in [3.8, 4) is 0 Å². The zero-order chi connectivity index (χ0) is 15.2. The van der Waals surface area contributed by atoms with E-state index >= 15 is 0 Å². The normalized spacial score (nSPS) is 10.2. The zero-order valence-corrected chi connectivity index (χ0v) is 12.0. The van der Waals surface area contributed by atoms with E-state index in [1.54, 1.807) is 19.3 Å². The van der Waals surface area contributed by atoms with Crippen LogP contribution in [-0.4, -0.2) is 27.5 Å². The highest BCUT2D eigenvalue weighted by atomic mass is 16.5. The molecule has 7 heteroatoms. The second kappa shape index (κ2) is 6.65. The average Bonchev–Trinajstić information content (AvgIpc) is 2.48. The number of nitrogens with one attached hydrogen (secondary N) is 1. The van der Waals surface area contributed by atoms with Crippen molar-refractivity contribution in [2.75, 3.05) is 17.7 Å². The molecule has 0 aliphatic heterocycles. The average molecular weight is 287 g/mol. The van der Waals surface area contributed by atoms with Crippen LogP contribution in [0.25, 0.3) is 0 Å². The molecule has 0 radical (unpaired) electrons. The van der Waals surface area contributed by atoms with E-state index in [9.17, 15) is 4.79 Å². The topological polar surface area (TPSA) is 103 Å². The molecular formula is C14H17N5O2. The fourth-order valence-corrected chi connectivity index (χ4v) is 1.69. The van der Waals surface area contributed by atoms with E-state index in [0.29, 0.717) is 24.5 Å². The van der Waals surface area contributed by atoms with Crippen molar-refractivity contribution in [1.29, 1.82) is 0 Å². The van der Waals surface area contributed by atoms with E-state index in [0.717, 1.165) is 11.4 Å². The number of hydrogen-bond donors (Lipinski definition) is 2. The summed E-state index contributed by atoms with van der Waals surface area (Å²) >= 11 is 0. The van der Waals surface area contributed by atoms with Crippen molar-refractivity contribution in [2.45, 2.75) is 20.4 Å². The zero-order valence-electron chi connectivity index (χ0n) is 12.0. The van der Waals surface area contributed by atoms with Crippen LogP contribution in [0.5, 0.6) is 0 Å². The highest BCUT2D eigenvalue weighted by Gasteiger charge is 2.14. The predicted molar refractivity (Wildman–Crippen MR) is 78.7 cm³/mol. The van der Waals surface area contributed by atoms with Gasteiger partial charge in [-0.2, -0.15) is 0 Å². The van der Waals surface area contributed by atoms with Crippen LogP contribution in [0.1, 0.15) is 28.7 Å². The third kappa shape index (κ3) is 3.65. The third-order valence-corrected chi connectivity index (χ3v) is 2.76. The van der Waals surface area contributed by atoms with Crippen LogP contribution < -0.4 is 11.1 Å². The monoisotopic (exact) mass is 287 g/mol. The summed E-state index contributed by atoms with van der Waals surface area (Å²) in [7, 11) is 0. The number of hydrogen-bond acceptors (Lipinski definition) is 7. The minimum atomic E-state index is -0.462. The molecule has 0 aliphatic carbocycles. The summed E-state index contributed by atoms with van der Waals surface area (Å²) in [6, 6.07) is 1.53. The van der Waals surface area contributed by atoms with E-state index in [4.69, 9.17) is 10.5 Å². The molecule has 3 N–H and O–H groups in total. The van der Waals surface area contributed by atoms with Gasteiger partial charge in [0, 0.05) is 12.4 Å². The lowest BCUT2D eigenvalue weighted by molar-refractivity contribution is 0.0527. The number of pyridine rings is 1. The molecule has 7 nitrogen and oxygen atoms in total. The van der Waals surface area contributed by atoms with Crippen molar-refractivity contribution in [1.82, 2.24) is 15.0 Å². The van der Waals surface area contributed by atoms with Crippen LogP contribution in [0.4, 0.5) is 11.5 Å². The van der Waals surface area contributed by atoms with Crippen molar-refractivity contribution in [3.63, 3.8) is 0 Å². The third-order valence-electron chi connectivity index (χ3n) is 2.76. The van der Waals surface area contributed by atoms with Gasteiger partial charge in [-0.05, 0) is 19.9 Å². The lowest BCUT2D eigenvalue weighted by atomic mass is 10.2. The van der Waals surface area contributed by atoms with Gasteiger partial charge in [-0.1, -0.05) is 0 Å². The van der Waals surface area contributed by atoms with Crippen molar-refractivity contribution in [3.05, 3.63) is 41.6 Å². The van der Waals surface area contributed by atoms with Gasteiger partial charge in [0.05, 0.1) is 42.0 Å². The fourth-order valence-electron chi connectivity index (χ4n) is 1.69. The lowest BCUT2D eigenvalue weighted by Gasteiger charge is -2.11. The molecule has 2 aromatic rings. The first-order chi connectivity index (χ1) is 10.1. The van der Waals surface area contributed by atoms with E-state index in [1.165, 1.54) is 12.3 Å². The second-order valence-corrected chi connectivity index (χ2v) is 4.34. The Morgan fingerprint density at radius 1 is 1.33 bits per heavy atom.